The Balaban J connectivity index is 3.16. The molecule has 18 heavy (non-hydrogen) atoms. The van der Waals surface area contributed by atoms with Crippen LogP contribution in [0, 0.1) is 10.1 Å². The summed E-state index contributed by atoms with van der Waals surface area (Å²) in [5.41, 5.74) is -0.543. The lowest BCUT2D eigenvalue weighted by atomic mass is 10.2. The van der Waals surface area contributed by atoms with Gasteiger partial charge in [0.25, 0.3) is 5.69 Å². The number of ether oxygens (including phenoxy) is 1. The third kappa shape index (κ3) is 3.74. The maximum absolute atomic E-state index is 11.3. The van der Waals surface area contributed by atoms with Gasteiger partial charge in [-0.3, -0.25) is 14.8 Å². The maximum atomic E-state index is 11.3. The van der Waals surface area contributed by atoms with E-state index in [0.717, 1.165) is 6.07 Å². The Morgan fingerprint density at radius 3 is 2.67 bits per heavy atom. The van der Waals surface area contributed by atoms with Crippen molar-refractivity contribution in [2.45, 2.75) is 6.92 Å². The minimum Gasteiger partial charge on any atom is -0.494 e. The third-order valence-electron chi connectivity index (χ3n) is 1.89. The number of nitro benzene ring substituents is 1. The molecule has 0 aliphatic heterocycles. The van der Waals surface area contributed by atoms with Gasteiger partial charge in [-0.05, 0) is 19.1 Å². The van der Waals surface area contributed by atoms with Crippen LogP contribution in [0.25, 0.3) is 0 Å². The van der Waals surface area contributed by atoms with Gasteiger partial charge in [-0.15, -0.1) is 11.6 Å². The van der Waals surface area contributed by atoms with Crippen LogP contribution in [0.1, 0.15) is 6.92 Å². The molecule has 0 unspecified atom stereocenters. The smallest absolute Gasteiger partial charge is 0.297 e. The normalized spacial score (nSPS) is 11.0. The molecule has 0 aliphatic carbocycles. The number of anilines is 1. The molecule has 9 heteroatoms. The van der Waals surface area contributed by atoms with Crippen LogP contribution in [0.15, 0.2) is 18.2 Å². The van der Waals surface area contributed by atoms with Crippen LogP contribution >= 0.6 is 11.6 Å². The lowest BCUT2D eigenvalue weighted by Gasteiger charge is -2.08. The summed E-state index contributed by atoms with van der Waals surface area (Å²) in [5, 5.41) is 10.2. The number of nitrogens with one attached hydrogen (secondary N) is 1. The van der Waals surface area contributed by atoms with Crippen molar-refractivity contribution in [2.24, 2.45) is 0 Å². The molecular weight excluding hydrogens is 284 g/mol. The SMILES string of the molecule is CCOc1ccc(NS(=O)(=O)CCl)c([N+](=O)[O-])c1. The quantitative estimate of drug-likeness (QED) is 0.491. The van der Waals surface area contributed by atoms with Crippen molar-refractivity contribution in [3.8, 4) is 5.75 Å². The predicted octanol–water partition coefficient (Wildman–Crippen LogP) is 1.93. The van der Waals surface area contributed by atoms with Crippen LogP contribution in [0.4, 0.5) is 11.4 Å². The molecule has 0 saturated heterocycles. The number of nitrogens with zero attached hydrogens (tertiary/aromatic N) is 1. The zero-order valence-electron chi connectivity index (χ0n) is 9.42. The predicted molar refractivity (Wildman–Crippen MR) is 67.5 cm³/mol. The monoisotopic (exact) mass is 294 g/mol. The summed E-state index contributed by atoms with van der Waals surface area (Å²) in [6, 6.07) is 3.84. The molecule has 0 aromatic heterocycles. The highest BCUT2D eigenvalue weighted by molar-refractivity contribution is 7.93. The maximum Gasteiger partial charge on any atom is 0.297 e. The molecule has 1 aromatic rings. The fraction of sp³-hybridized carbons (Fsp3) is 0.333. The zero-order valence-corrected chi connectivity index (χ0v) is 11.0. The van der Waals surface area contributed by atoms with Crippen molar-refractivity contribution < 1.29 is 18.1 Å². The number of halogens is 1. The van der Waals surface area contributed by atoms with Crippen molar-refractivity contribution in [3.05, 3.63) is 28.3 Å². The molecule has 0 atom stereocenters. The second-order valence-electron chi connectivity index (χ2n) is 3.19. The van der Waals surface area contributed by atoms with Gasteiger partial charge in [-0.25, -0.2) is 8.42 Å². The second-order valence-corrected chi connectivity index (χ2v) is 5.50. The molecule has 1 aromatic carbocycles. The zero-order chi connectivity index (χ0) is 13.8. The van der Waals surface area contributed by atoms with Crippen LogP contribution in [0.2, 0.25) is 0 Å². The molecule has 100 valence electrons. The molecule has 0 spiro atoms. The van der Waals surface area contributed by atoms with Crippen LogP contribution in [0.5, 0.6) is 5.75 Å². The molecule has 0 heterocycles. The van der Waals surface area contributed by atoms with Gasteiger partial charge in [-0.2, -0.15) is 0 Å². The number of alkyl halides is 1. The number of nitro groups is 1. The molecule has 0 bridgehead atoms. The summed E-state index contributed by atoms with van der Waals surface area (Å²) in [4.78, 5) is 10.1. The van der Waals surface area contributed by atoms with Crippen LogP contribution < -0.4 is 9.46 Å². The Labute approximate surface area is 109 Å². The first-order valence-electron chi connectivity index (χ1n) is 4.87. The van der Waals surface area contributed by atoms with E-state index < -0.39 is 25.8 Å². The van der Waals surface area contributed by atoms with E-state index >= 15 is 0 Å². The molecule has 0 amide bonds. The Bertz CT molecular complexity index is 546. The topological polar surface area (TPSA) is 98.5 Å². The average molecular weight is 295 g/mol. The highest BCUT2D eigenvalue weighted by atomic mass is 35.5. The van der Waals surface area contributed by atoms with Gasteiger partial charge >= 0.3 is 0 Å². The van der Waals surface area contributed by atoms with Crippen molar-refractivity contribution in [1.82, 2.24) is 0 Å². The van der Waals surface area contributed by atoms with E-state index in [4.69, 9.17) is 16.3 Å². The number of sulfonamides is 1. The number of hydrogen-bond donors (Lipinski definition) is 1. The van der Waals surface area contributed by atoms with Gasteiger partial charge in [0, 0.05) is 0 Å². The van der Waals surface area contributed by atoms with E-state index in [1.807, 2.05) is 4.72 Å². The van der Waals surface area contributed by atoms with Gasteiger partial charge in [0.05, 0.1) is 17.6 Å². The highest BCUT2D eigenvalue weighted by Gasteiger charge is 2.19. The van der Waals surface area contributed by atoms with Crippen molar-refractivity contribution >= 4 is 33.0 Å². The Kier molecular flexibility index (Phi) is 4.74. The third-order valence-corrected chi connectivity index (χ3v) is 3.57. The van der Waals surface area contributed by atoms with Gasteiger partial charge in [0.15, 0.2) is 0 Å². The Hall–Kier alpha value is -1.54. The first kappa shape index (κ1) is 14.5. The lowest BCUT2D eigenvalue weighted by Crippen LogP contribution is -2.14. The largest absolute Gasteiger partial charge is 0.494 e. The van der Waals surface area contributed by atoms with E-state index in [-0.39, 0.29) is 11.4 Å². The number of rotatable bonds is 6. The summed E-state index contributed by atoms with van der Waals surface area (Å²) >= 11 is 5.21. The van der Waals surface area contributed by atoms with Gasteiger partial charge in [0.2, 0.25) is 10.0 Å². The number of benzene rings is 1. The molecule has 0 fully saturated rings. The van der Waals surface area contributed by atoms with Crippen LogP contribution in [0.3, 0.4) is 0 Å². The molecule has 0 saturated carbocycles. The van der Waals surface area contributed by atoms with Gasteiger partial charge < -0.3 is 4.74 Å². The van der Waals surface area contributed by atoms with E-state index in [1.165, 1.54) is 12.1 Å². The van der Waals surface area contributed by atoms with Crippen molar-refractivity contribution in [3.63, 3.8) is 0 Å². The molecule has 1 N–H and O–H groups in total. The second kappa shape index (κ2) is 5.87. The summed E-state index contributed by atoms with van der Waals surface area (Å²) in [7, 11) is -3.78. The van der Waals surface area contributed by atoms with Gasteiger partial charge in [0.1, 0.15) is 16.6 Å². The molecular formula is C9H11ClN2O5S. The summed E-state index contributed by atoms with van der Waals surface area (Å²) < 4.78 is 29.6. The summed E-state index contributed by atoms with van der Waals surface area (Å²) in [6.07, 6.45) is 0. The fourth-order valence-electron chi connectivity index (χ4n) is 1.20. The van der Waals surface area contributed by atoms with E-state index in [0.29, 0.717) is 6.61 Å². The van der Waals surface area contributed by atoms with E-state index in [2.05, 4.69) is 0 Å². The van der Waals surface area contributed by atoms with Crippen molar-refractivity contribution in [2.75, 3.05) is 16.5 Å². The standard InChI is InChI=1S/C9H11ClN2O5S/c1-2-17-7-3-4-8(9(5-7)12(13)14)11-18(15,16)6-10/h3-5,11H,2,6H2,1H3. The molecule has 1 rings (SSSR count). The lowest BCUT2D eigenvalue weighted by molar-refractivity contribution is -0.384. The first-order valence-corrected chi connectivity index (χ1v) is 7.06. The Morgan fingerprint density at radius 2 is 2.17 bits per heavy atom. The average Bonchev–Trinajstić information content (AvgIpc) is 2.31. The summed E-state index contributed by atoms with van der Waals surface area (Å²) in [5.74, 6) is 0.290. The van der Waals surface area contributed by atoms with Crippen LogP contribution in [-0.4, -0.2) is 25.2 Å². The molecule has 0 radical (unpaired) electrons. The minimum absolute atomic E-state index is 0.149. The Morgan fingerprint density at radius 1 is 1.50 bits per heavy atom. The highest BCUT2D eigenvalue weighted by Crippen LogP contribution is 2.29. The molecule has 0 aliphatic rings. The number of hydrogen-bond acceptors (Lipinski definition) is 5. The minimum atomic E-state index is -3.78. The van der Waals surface area contributed by atoms with E-state index in [9.17, 15) is 18.5 Å². The fourth-order valence-corrected chi connectivity index (χ4v) is 1.93. The van der Waals surface area contributed by atoms with E-state index in [1.54, 1.807) is 6.92 Å². The van der Waals surface area contributed by atoms with Crippen molar-refractivity contribution in [1.29, 1.82) is 0 Å². The van der Waals surface area contributed by atoms with Crippen LogP contribution in [-0.2, 0) is 10.0 Å². The van der Waals surface area contributed by atoms with Gasteiger partial charge in [-0.1, -0.05) is 0 Å². The summed E-state index contributed by atoms with van der Waals surface area (Å²) in [6.45, 7) is 2.08. The molecule has 7 nitrogen and oxygen atoms in total. The first-order chi connectivity index (χ1) is 8.39.